The molecule has 1 aromatic rings. The highest BCUT2D eigenvalue weighted by Crippen LogP contribution is 2.39. The van der Waals surface area contributed by atoms with Gasteiger partial charge in [0.15, 0.2) is 0 Å². The van der Waals surface area contributed by atoms with Crippen molar-refractivity contribution in [1.82, 2.24) is 9.80 Å². The van der Waals surface area contributed by atoms with Crippen molar-refractivity contribution in [1.29, 1.82) is 0 Å². The van der Waals surface area contributed by atoms with Crippen molar-refractivity contribution in [3.8, 4) is 0 Å². The minimum Gasteiger partial charge on any atom is -0.480 e. The van der Waals surface area contributed by atoms with Gasteiger partial charge in [-0.05, 0) is 38.3 Å². The molecule has 0 unspecified atom stereocenters. The summed E-state index contributed by atoms with van der Waals surface area (Å²) < 4.78 is 0. The SMILES string of the molecule is C[C@@H](C(=O)O)N1C(=O)[C@@H]2Cc3ccccc3CN2C1(C)C. The van der Waals surface area contributed by atoms with Crippen LogP contribution in [0.4, 0.5) is 0 Å². The van der Waals surface area contributed by atoms with Gasteiger partial charge in [-0.3, -0.25) is 9.69 Å². The zero-order chi connectivity index (χ0) is 15.4. The van der Waals surface area contributed by atoms with Crippen molar-refractivity contribution in [2.45, 2.75) is 51.5 Å². The third-order valence-electron chi connectivity index (χ3n) is 4.81. The minimum absolute atomic E-state index is 0.0793. The quantitative estimate of drug-likeness (QED) is 0.895. The molecular weight excluding hydrogens is 268 g/mol. The smallest absolute Gasteiger partial charge is 0.326 e. The predicted molar refractivity (Wildman–Crippen MR) is 77.5 cm³/mol. The largest absolute Gasteiger partial charge is 0.480 e. The van der Waals surface area contributed by atoms with Crippen molar-refractivity contribution in [2.24, 2.45) is 0 Å². The average molecular weight is 288 g/mol. The lowest BCUT2D eigenvalue weighted by molar-refractivity contribution is -0.152. The molecule has 2 aliphatic heterocycles. The van der Waals surface area contributed by atoms with E-state index in [1.54, 1.807) is 6.92 Å². The van der Waals surface area contributed by atoms with Crippen molar-refractivity contribution >= 4 is 11.9 Å². The molecule has 0 aromatic heterocycles. The molecule has 0 aliphatic carbocycles. The number of amides is 1. The summed E-state index contributed by atoms with van der Waals surface area (Å²) in [6.07, 6.45) is 0.654. The summed E-state index contributed by atoms with van der Waals surface area (Å²) in [7, 11) is 0. The van der Waals surface area contributed by atoms with Crippen LogP contribution in [0.25, 0.3) is 0 Å². The van der Waals surface area contributed by atoms with Gasteiger partial charge in [-0.1, -0.05) is 24.3 Å². The molecule has 1 fully saturated rings. The van der Waals surface area contributed by atoms with Gasteiger partial charge in [-0.25, -0.2) is 4.79 Å². The molecule has 1 N–H and O–H groups in total. The fraction of sp³-hybridized carbons (Fsp3) is 0.500. The second-order valence-electron chi connectivity index (χ2n) is 6.33. The Morgan fingerprint density at radius 3 is 2.57 bits per heavy atom. The molecule has 2 atom stereocenters. The molecule has 0 saturated carbocycles. The fourth-order valence-corrected chi connectivity index (χ4v) is 3.66. The van der Waals surface area contributed by atoms with E-state index >= 15 is 0 Å². The van der Waals surface area contributed by atoms with Crippen molar-refractivity contribution in [3.05, 3.63) is 35.4 Å². The minimum atomic E-state index is -0.964. The second kappa shape index (κ2) is 4.56. The number of hydrogen-bond acceptors (Lipinski definition) is 3. The Labute approximate surface area is 124 Å². The number of fused-ring (bicyclic) bond motifs is 2. The normalized spacial score (nSPS) is 25.4. The van der Waals surface area contributed by atoms with Gasteiger partial charge in [-0.2, -0.15) is 0 Å². The Balaban J connectivity index is 2.00. The number of rotatable bonds is 2. The van der Waals surface area contributed by atoms with Crippen LogP contribution in [0.5, 0.6) is 0 Å². The first-order valence-electron chi connectivity index (χ1n) is 7.23. The van der Waals surface area contributed by atoms with Crippen LogP contribution in [0.15, 0.2) is 24.3 Å². The van der Waals surface area contributed by atoms with Gasteiger partial charge >= 0.3 is 5.97 Å². The summed E-state index contributed by atoms with van der Waals surface area (Å²) in [5.74, 6) is -1.04. The van der Waals surface area contributed by atoms with Crippen molar-refractivity contribution in [2.75, 3.05) is 0 Å². The van der Waals surface area contributed by atoms with Gasteiger partial charge < -0.3 is 10.0 Å². The van der Waals surface area contributed by atoms with E-state index in [0.29, 0.717) is 13.0 Å². The number of aliphatic carboxylic acids is 1. The van der Waals surface area contributed by atoms with E-state index in [-0.39, 0.29) is 11.9 Å². The maximum absolute atomic E-state index is 12.7. The number of carboxylic acid groups (broad SMARTS) is 1. The molecule has 2 heterocycles. The number of carbonyl (C=O) groups excluding carboxylic acids is 1. The topological polar surface area (TPSA) is 60.9 Å². The number of hydrogen-bond donors (Lipinski definition) is 1. The van der Waals surface area contributed by atoms with Crippen LogP contribution in [0.3, 0.4) is 0 Å². The summed E-state index contributed by atoms with van der Waals surface area (Å²) in [6, 6.07) is 7.04. The van der Waals surface area contributed by atoms with Crippen LogP contribution >= 0.6 is 0 Å². The number of carboxylic acids is 1. The first-order chi connectivity index (χ1) is 9.84. The van der Waals surface area contributed by atoms with Gasteiger partial charge in [0.2, 0.25) is 5.91 Å². The highest BCUT2D eigenvalue weighted by molar-refractivity contribution is 5.90. The summed E-state index contributed by atoms with van der Waals surface area (Å²) in [5, 5.41) is 9.29. The Hall–Kier alpha value is -1.88. The first-order valence-corrected chi connectivity index (χ1v) is 7.23. The predicted octanol–water partition coefficient (Wildman–Crippen LogP) is 1.46. The highest BCUT2D eigenvalue weighted by atomic mass is 16.4. The standard InChI is InChI=1S/C16H20N2O3/c1-10(15(20)21)18-14(19)13-8-11-6-4-5-7-12(11)9-17(13)16(18,2)3/h4-7,10,13H,8-9H2,1-3H3,(H,20,21)/t10-,13-/m0/s1. The Morgan fingerprint density at radius 1 is 1.33 bits per heavy atom. The van der Waals surface area contributed by atoms with Crippen LogP contribution in [0.2, 0.25) is 0 Å². The van der Waals surface area contributed by atoms with Gasteiger partial charge in [-0.15, -0.1) is 0 Å². The maximum Gasteiger partial charge on any atom is 0.326 e. The molecule has 0 spiro atoms. The summed E-state index contributed by atoms with van der Waals surface area (Å²) in [6.45, 7) is 6.12. The molecule has 1 aromatic carbocycles. The third kappa shape index (κ3) is 1.95. The molecule has 1 amide bonds. The molecule has 21 heavy (non-hydrogen) atoms. The number of benzene rings is 1. The monoisotopic (exact) mass is 288 g/mol. The van der Waals surface area contributed by atoms with Crippen LogP contribution in [-0.2, 0) is 22.6 Å². The van der Waals surface area contributed by atoms with E-state index in [9.17, 15) is 14.7 Å². The van der Waals surface area contributed by atoms with Gasteiger partial charge in [0.25, 0.3) is 0 Å². The maximum atomic E-state index is 12.7. The van der Waals surface area contributed by atoms with Crippen LogP contribution in [0, 0.1) is 0 Å². The van der Waals surface area contributed by atoms with Crippen LogP contribution in [-0.4, -0.2) is 44.5 Å². The molecule has 3 rings (SSSR count). The van der Waals surface area contributed by atoms with E-state index in [1.807, 2.05) is 26.0 Å². The highest BCUT2D eigenvalue weighted by Gasteiger charge is 2.55. The second-order valence-corrected chi connectivity index (χ2v) is 6.33. The fourth-order valence-electron chi connectivity index (χ4n) is 3.66. The number of carbonyl (C=O) groups is 2. The Kier molecular flexibility index (Phi) is 3.06. The van der Waals surface area contributed by atoms with E-state index in [1.165, 1.54) is 16.0 Å². The molecule has 0 radical (unpaired) electrons. The first kappa shape index (κ1) is 14.1. The molecule has 1 saturated heterocycles. The summed E-state index contributed by atoms with van der Waals surface area (Å²) in [5.41, 5.74) is 1.82. The zero-order valence-corrected chi connectivity index (χ0v) is 12.5. The molecule has 5 nitrogen and oxygen atoms in total. The Morgan fingerprint density at radius 2 is 1.95 bits per heavy atom. The zero-order valence-electron chi connectivity index (χ0n) is 12.5. The lowest BCUT2D eigenvalue weighted by Crippen LogP contribution is -2.55. The lowest BCUT2D eigenvalue weighted by atomic mass is 9.94. The van der Waals surface area contributed by atoms with E-state index in [0.717, 1.165) is 0 Å². The number of nitrogens with zero attached hydrogens (tertiary/aromatic N) is 2. The van der Waals surface area contributed by atoms with E-state index < -0.39 is 17.7 Å². The molecule has 5 heteroatoms. The van der Waals surface area contributed by atoms with E-state index in [2.05, 4.69) is 17.0 Å². The van der Waals surface area contributed by atoms with Crippen LogP contribution < -0.4 is 0 Å². The van der Waals surface area contributed by atoms with Gasteiger partial charge in [0, 0.05) is 6.54 Å². The van der Waals surface area contributed by atoms with Gasteiger partial charge in [0.1, 0.15) is 6.04 Å². The molecule has 2 aliphatic rings. The average Bonchev–Trinajstić information content (AvgIpc) is 2.63. The van der Waals surface area contributed by atoms with E-state index in [4.69, 9.17) is 0 Å². The lowest BCUT2D eigenvalue weighted by Gasteiger charge is -2.41. The van der Waals surface area contributed by atoms with Crippen LogP contribution in [0.1, 0.15) is 31.9 Å². The molecule has 0 bridgehead atoms. The van der Waals surface area contributed by atoms with Crippen molar-refractivity contribution < 1.29 is 14.7 Å². The summed E-state index contributed by atoms with van der Waals surface area (Å²) >= 11 is 0. The Bertz CT molecular complexity index is 611. The van der Waals surface area contributed by atoms with Crippen molar-refractivity contribution in [3.63, 3.8) is 0 Å². The third-order valence-corrected chi connectivity index (χ3v) is 4.81. The molecular formula is C16H20N2O3. The van der Waals surface area contributed by atoms with Gasteiger partial charge in [0.05, 0.1) is 11.7 Å². The summed E-state index contributed by atoms with van der Waals surface area (Å²) in [4.78, 5) is 27.7. The molecule has 112 valence electrons.